The van der Waals surface area contributed by atoms with E-state index in [-0.39, 0.29) is 0 Å². The lowest BCUT2D eigenvalue weighted by atomic mass is 10.2. The Hall–Kier alpha value is -0.840. The molecular weight excluding hydrogens is 296 g/mol. The maximum Gasteiger partial charge on any atom is 0.0946 e. The normalized spacial score (nSPS) is 12.6. The average molecular weight is 321 g/mol. The van der Waals surface area contributed by atoms with Crippen LogP contribution in [0.25, 0.3) is 0 Å². The molecule has 0 aliphatic carbocycles. The van der Waals surface area contributed by atoms with E-state index in [0.717, 1.165) is 18.7 Å². The van der Waals surface area contributed by atoms with E-state index in [1.165, 1.54) is 26.0 Å². The van der Waals surface area contributed by atoms with Crippen molar-refractivity contribution in [1.82, 2.24) is 10.3 Å². The molecule has 1 heterocycles. The number of hydrogen-bond acceptors (Lipinski definition) is 4. The van der Waals surface area contributed by atoms with E-state index in [9.17, 15) is 0 Å². The van der Waals surface area contributed by atoms with Gasteiger partial charge in [-0.3, -0.25) is 0 Å². The highest BCUT2D eigenvalue weighted by molar-refractivity contribution is 7.99. The van der Waals surface area contributed by atoms with E-state index in [2.05, 4.69) is 62.3 Å². The molecule has 0 bridgehead atoms. The van der Waals surface area contributed by atoms with Gasteiger partial charge >= 0.3 is 0 Å². The lowest BCUT2D eigenvalue weighted by molar-refractivity contribution is 0.571. The summed E-state index contributed by atoms with van der Waals surface area (Å²) in [4.78, 5) is 7.40. The van der Waals surface area contributed by atoms with E-state index in [4.69, 9.17) is 0 Å². The minimum absolute atomic E-state index is 0.476. The lowest BCUT2D eigenvalue weighted by Gasteiger charge is -2.17. The molecule has 1 aromatic carbocycles. The molecule has 0 spiro atoms. The van der Waals surface area contributed by atoms with Crippen molar-refractivity contribution >= 4 is 23.1 Å². The summed E-state index contributed by atoms with van der Waals surface area (Å²) in [6.45, 7) is 9.60. The molecule has 114 valence electrons. The standard InChI is InChI=1S/C17H24N2S2/c1-5-18-15(10-17-19-13(3)14(4)21-17)11-20-16-9-7-6-8-12(16)2/h6-9,15,18H,5,10-11H2,1-4H3. The third-order valence-corrected chi connectivity index (χ3v) is 5.95. The summed E-state index contributed by atoms with van der Waals surface area (Å²) in [6.07, 6.45) is 1.02. The highest BCUT2D eigenvalue weighted by Crippen LogP contribution is 2.24. The highest BCUT2D eigenvalue weighted by Gasteiger charge is 2.13. The molecule has 2 nitrogen and oxygen atoms in total. The molecule has 1 aromatic heterocycles. The van der Waals surface area contributed by atoms with E-state index in [1.807, 2.05) is 23.1 Å². The van der Waals surface area contributed by atoms with Gasteiger partial charge in [0.25, 0.3) is 0 Å². The largest absolute Gasteiger partial charge is 0.313 e. The first kappa shape index (κ1) is 16.5. The first-order chi connectivity index (χ1) is 10.1. The van der Waals surface area contributed by atoms with Crippen LogP contribution in [0.2, 0.25) is 0 Å². The third kappa shape index (κ3) is 4.83. The molecule has 0 aliphatic heterocycles. The summed E-state index contributed by atoms with van der Waals surface area (Å²) in [5.41, 5.74) is 2.54. The molecule has 0 saturated heterocycles. The minimum Gasteiger partial charge on any atom is -0.313 e. The van der Waals surface area contributed by atoms with Crippen molar-refractivity contribution < 1.29 is 0 Å². The van der Waals surface area contributed by atoms with Crippen molar-refractivity contribution in [3.8, 4) is 0 Å². The van der Waals surface area contributed by atoms with Gasteiger partial charge in [0.1, 0.15) is 0 Å². The fourth-order valence-electron chi connectivity index (χ4n) is 2.22. The number of nitrogens with zero attached hydrogens (tertiary/aromatic N) is 1. The number of thiazole rings is 1. The van der Waals surface area contributed by atoms with E-state index in [1.54, 1.807) is 0 Å². The maximum absolute atomic E-state index is 4.67. The third-order valence-electron chi connectivity index (χ3n) is 3.52. The molecule has 1 unspecified atom stereocenters. The van der Waals surface area contributed by atoms with Crippen LogP contribution in [-0.4, -0.2) is 23.3 Å². The molecule has 0 fully saturated rings. The van der Waals surface area contributed by atoms with Crippen LogP contribution in [0.1, 0.15) is 28.1 Å². The molecule has 0 aliphatic rings. The average Bonchev–Trinajstić information content (AvgIpc) is 2.76. The molecule has 1 N–H and O–H groups in total. The number of benzene rings is 1. The van der Waals surface area contributed by atoms with Gasteiger partial charge in [0, 0.05) is 28.0 Å². The number of nitrogens with one attached hydrogen (secondary N) is 1. The number of aromatic nitrogens is 1. The van der Waals surface area contributed by atoms with Gasteiger partial charge in [-0.25, -0.2) is 4.98 Å². The van der Waals surface area contributed by atoms with Crippen molar-refractivity contribution in [3.05, 3.63) is 45.4 Å². The van der Waals surface area contributed by atoms with Crippen LogP contribution in [0, 0.1) is 20.8 Å². The Morgan fingerprint density at radius 1 is 1.24 bits per heavy atom. The van der Waals surface area contributed by atoms with Crippen molar-refractivity contribution in [2.45, 2.75) is 45.1 Å². The highest BCUT2D eigenvalue weighted by atomic mass is 32.2. The number of hydrogen-bond donors (Lipinski definition) is 1. The summed E-state index contributed by atoms with van der Waals surface area (Å²) in [7, 11) is 0. The zero-order chi connectivity index (χ0) is 15.2. The second kappa shape index (κ2) is 7.97. The van der Waals surface area contributed by atoms with Crippen LogP contribution in [0.4, 0.5) is 0 Å². The molecule has 4 heteroatoms. The smallest absolute Gasteiger partial charge is 0.0946 e. The maximum atomic E-state index is 4.67. The van der Waals surface area contributed by atoms with Crippen LogP contribution < -0.4 is 5.32 Å². The topological polar surface area (TPSA) is 24.9 Å². The monoisotopic (exact) mass is 320 g/mol. The van der Waals surface area contributed by atoms with Crippen molar-refractivity contribution in [3.63, 3.8) is 0 Å². The van der Waals surface area contributed by atoms with Crippen molar-refractivity contribution in [2.75, 3.05) is 12.3 Å². The molecule has 0 radical (unpaired) electrons. The second-order valence-electron chi connectivity index (χ2n) is 5.28. The SMILES string of the molecule is CCNC(CSc1ccccc1C)Cc1nc(C)c(C)s1. The summed E-state index contributed by atoms with van der Waals surface area (Å²) in [5, 5.41) is 4.85. The van der Waals surface area contributed by atoms with Crippen molar-refractivity contribution in [2.24, 2.45) is 0 Å². The number of aryl methyl sites for hydroxylation is 3. The van der Waals surface area contributed by atoms with Crippen LogP contribution in [0.5, 0.6) is 0 Å². The fourth-order valence-corrected chi connectivity index (χ4v) is 4.33. The predicted octanol–water partition coefficient (Wildman–Crippen LogP) is 4.38. The molecular formula is C17H24N2S2. The zero-order valence-electron chi connectivity index (χ0n) is 13.3. The van der Waals surface area contributed by atoms with Gasteiger partial charge in [-0.2, -0.15) is 0 Å². The summed E-state index contributed by atoms with van der Waals surface area (Å²) in [5.74, 6) is 1.08. The van der Waals surface area contributed by atoms with Gasteiger partial charge in [-0.05, 0) is 38.9 Å². The van der Waals surface area contributed by atoms with Crippen molar-refractivity contribution in [1.29, 1.82) is 0 Å². The molecule has 2 rings (SSSR count). The number of likely N-dealkylation sites (N-methyl/N-ethyl adjacent to an activating group) is 1. The van der Waals surface area contributed by atoms with E-state index < -0.39 is 0 Å². The van der Waals surface area contributed by atoms with Gasteiger partial charge < -0.3 is 5.32 Å². The lowest BCUT2D eigenvalue weighted by Crippen LogP contribution is -2.33. The van der Waals surface area contributed by atoms with Gasteiger partial charge in [0.2, 0.25) is 0 Å². The number of thioether (sulfide) groups is 1. The van der Waals surface area contributed by atoms with E-state index >= 15 is 0 Å². The first-order valence-electron chi connectivity index (χ1n) is 7.44. The van der Waals surface area contributed by atoms with Gasteiger partial charge in [0.05, 0.1) is 10.7 Å². The Labute approximate surface area is 136 Å². The van der Waals surface area contributed by atoms with E-state index in [0.29, 0.717) is 6.04 Å². The molecule has 21 heavy (non-hydrogen) atoms. The first-order valence-corrected chi connectivity index (χ1v) is 9.25. The molecule has 0 amide bonds. The van der Waals surface area contributed by atoms with Crippen LogP contribution in [0.3, 0.4) is 0 Å². The van der Waals surface area contributed by atoms with Crippen LogP contribution in [0.15, 0.2) is 29.2 Å². The molecule has 2 aromatic rings. The Morgan fingerprint density at radius 2 is 2.00 bits per heavy atom. The van der Waals surface area contributed by atoms with Crippen LogP contribution in [-0.2, 0) is 6.42 Å². The summed E-state index contributed by atoms with van der Waals surface area (Å²) >= 11 is 3.77. The molecule has 0 saturated carbocycles. The minimum atomic E-state index is 0.476. The van der Waals surface area contributed by atoms with Crippen LogP contribution >= 0.6 is 23.1 Å². The Morgan fingerprint density at radius 3 is 2.62 bits per heavy atom. The summed E-state index contributed by atoms with van der Waals surface area (Å²) < 4.78 is 0. The second-order valence-corrected chi connectivity index (χ2v) is 7.63. The fraction of sp³-hybridized carbons (Fsp3) is 0.471. The quantitative estimate of drug-likeness (QED) is 0.766. The Balaban J connectivity index is 1.97. The van der Waals surface area contributed by atoms with Gasteiger partial charge in [-0.1, -0.05) is 25.1 Å². The predicted molar refractivity (Wildman–Crippen MR) is 94.7 cm³/mol. The zero-order valence-corrected chi connectivity index (χ0v) is 14.9. The van der Waals surface area contributed by atoms with Gasteiger partial charge in [-0.15, -0.1) is 23.1 Å². The Bertz CT molecular complexity index is 558. The summed E-state index contributed by atoms with van der Waals surface area (Å²) in [6, 6.07) is 9.08. The van der Waals surface area contributed by atoms with Gasteiger partial charge in [0.15, 0.2) is 0 Å². The molecule has 1 atom stereocenters. The Kier molecular flexibility index (Phi) is 6.27. The number of rotatable bonds is 7.